The first-order chi connectivity index (χ1) is 9.97. The Morgan fingerprint density at radius 1 is 1.24 bits per heavy atom. The molecule has 0 spiro atoms. The Morgan fingerprint density at radius 3 is 2.48 bits per heavy atom. The van der Waals surface area contributed by atoms with Gasteiger partial charge in [0.15, 0.2) is 0 Å². The van der Waals surface area contributed by atoms with E-state index in [1.165, 1.54) is 12.1 Å². The highest BCUT2D eigenvalue weighted by atomic mass is 79.9. The summed E-state index contributed by atoms with van der Waals surface area (Å²) < 4.78 is 28.0. The normalized spacial score (nSPS) is 10.3. The van der Waals surface area contributed by atoms with Crippen LogP contribution in [0.2, 0.25) is 0 Å². The van der Waals surface area contributed by atoms with E-state index < -0.39 is 23.5 Å². The lowest BCUT2D eigenvalue weighted by Crippen LogP contribution is -2.10. The van der Waals surface area contributed by atoms with Crippen LogP contribution in [0.1, 0.15) is 21.0 Å². The van der Waals surface area contributed by atoms with Crippen molar-refractivity contribution >= 4 is 27.9 Å². The second kappa shape index (κ2) is 6.04. The van der Waals surface area contributed by atoms with Crippen LogP contribution in [0.3, 0.4) is 0 Å². The maximum Gasteiger partial charge on any atom is 0.376 e. The van der Waals surface area contributed by atoms with E-state index >= 15 is 0 Å². The molecule has 0 bridgehead atoms. The van der Waals surface area contributed by atoms with Crippen molar-refractivity contribution in [2.45, 2.75) is 0 Å². The van der Waals surface area contributed by atoms with E-state index in [4.69, 9.17) is 4.42 Å². The minimum Gasteiger partial charge on any atom is -0.464 e. The summed E-state index contributed by atoms with van der Waals surface area (Å²) in [6.07, 6.45) is 0. The Morgan fingerprint density at radius 2 is 1.90 bits per heavy atom. The SMILES string of the molecule is COC(=O)c1nc(-c2ccc(Br)c(F)c2)oc1C(=O)OC. The molecule has 1 aromatic carbocycles. The van der Waals surface area contributed by atoms with Crippen molar-refractivity contribution in [3.63, 3.8) is 0 Å². The summed E-state index contributed by atoms with van der Waals surface area (Å²) >= 11 is 3.02. The molecule has 8 heteroatoms. The summed E-state index contributed by atoms with van der Waals surface area (Å²) in [5.41, 5.74) is -0.0707. The lowest BCUT2D eigenvalue weighted by molar-refractivity contribution is 0.0527. The number of methoxy groups -OCH3 is 2. The number of benzene rings is 1. The molecule has 0 radical (unpaired) electrons. The first kappa shape index (κ1) is 15.2. The predicted octanol–water partition coefficient (Wildman–Crippen LogP) is 2.82. The molecule has 2 rings (SSSR count). The number of rotatable bonds is 3. The zero-order valence-electron chi connectivity index (χ0n) is 11.0. The van der Waals surface area contributed by atoms with Crippen LogP contribution in [0.25, 0.3) is 11.5 Å². The largest absolute Gasteiger partial charge is 0.464 e. The molecular weight excluding hydrogens is 349 g/mol. The van der Waals surface area contributed by atoms with Gasteiger partial charge in [-0.15, -0.1) is 0 Å². The third kappa shape index (κ3) is 2.94. The Hall–Kier alpha value is -2.22. The van der Waals surface area contributed by atoms with Gasteiger partial charge in [0.2, 0.25) is 17.3 Å². The quantitative estimate of drug-likeness (QED) is 0.786. The molecule has 0 aliphatic carbocycles. The predicted molar refractivity (Wildman–Crippen MR) is 72.3 cm³/mol. The molecule has 6 nitrogen and oxygen atoms in total. The standard InChI is InChI=1S/C13H9BrFNO5/c1-19-12(17)9-10(13(18)20-2)21-11(16-9)6-3-4-7(14)8(15)5-6/h3-5H,1-2H3. The van der Waals surface area contributed by atoms with Gasteiger partial charge in [-0.25, -0.2) is 19.0 Å². The third-order valence-corrected chi connectivity index (χ3v) is 3.19. The van der Waals surface area contributed by atoms with Crippen LogP contribution < -0.4 is 0 Å². The van der Waals surface area contributed by atoms with Crippen LogP contribution in [0, 0.1) is 5.82 Å². The zero-order chi connectivity index (χ0) is 15.6. The molecule has 0 aliphatic rings. The van der Waals surface area contributed by atoms with Crippen LogP contribution in [0.15, 0.2) is 27.1 Å². The monoisotopic (exact) mass is 357 g/mol. The van der Waals surface area contributed by atoms with E-state index in [1.807, 2.05) is 0 Å². The van der Waals surface area contributed by atoms with Gasteiger partial charge in [0, 0.05) is 5.56 Å². The van der Waals surface area contributed by atoms with Gasteiger partial charge in [-0.2, -0.15) is 0 Å². The number of hydrogen-bond acceptors (Lipinski definition) is 6. The average Bonchev–Trinajstić information content (AvgIpc) is 2.93. The van der Waals surface area contributed by atoms with Crippen LogP contribution in [-0.4, -0.2) is 31.1 Å². The molecule has 1 heterocycles. The fourth-order valence-corrected chi connectivity index (χ4v) is 1.79. The molecule has 21 heavy (non-hydrogen) atoms. The number of esters is 2. The third-order valence-electron chi connectivity index (χ3n) is 2.54. The smallest absolute Gasteiger partial charge is 0.376 e. The molecule has 0 atom stereocenters. The van der Waals surface area contributed by atoms with Gasteiger partial charge in [-0.05, 0) is 34.1 Å². The van der Waals surface area contributed by atoms with Crippen LogP contribution >= 0.6 is 15.9 Å². The second-order valence-corrected chi connectivity index (χ2v) is 4.66. The average molecular weight is 358 g/mol. The summed E-state index contributed by atoms with van der Waals surface area (Å²) in [7, 11) is 2.27. The lowest BCUT2D eigenvalue weighted by Gasteiger charge is -1.97. The van der Waals surface area contributed by atoms with Crippen LogP contribution in [0.5, 0.6) is 0 Å². The van der Waals surface area contributed by atoms with E-state index in [-0.39, 0.29) is 21.6 Å². The maximum atomic E-state index is 13.5. The molecular formula is C13H9BrFNO5. The molecule has 0 aliphatic heterocycles. The Bertz CT molecular complexity index is 679. The fourth-order valence-electron chi connectivity index (χ4n) is 1.54. The van der Waals surface area contributed by atoms with E-state index in [2.05, 4.69) is 30.4 Å². The van der Waals surface area contributed by atoms with Crippen molar-refractivity contribution in [1.82, 2.24) is 4.98 Å². The van der Waals surface area contributed by atoms with Gasteiger partial charge >= 0.3 is 11.9 Å². The summed E-state index contributed by atoms with van der Waals surface area (Å²) in [4.78, 5) is 27.0. The lowest BCUT2D eigenvalue weighted by atomic mass is 10.2. The number of oxazole rings is 1. The maximum absolute atomic E-state index is 13.5. The van der Waals surface area contributed by atoms with Gasteiger partial charge in [-0.3, -0.25) is 0 Å². The second-order valence-electron chi connectivity index (χ2n) is 3.81. The van der Waals surface area contributed by atoms with E-state index in [9.17, 15) is 14.0 Å². The Kier molecular flexibility index (Phi) is 4.37. The molecule has 0 saturated carbocycles. The first-order valence-corrected chi connectivity index (χ1v) is 6.40. The van der Waals surface area contributed by atoms with Crippen LogP contribution in [-0.2, 0) is 9.47 Å². The van der Waals surface area contributed by atoms with Gasteiger partial charge in [-0.1, -0.05) is 0 Å². The number of carbonyl (C=O) groups excluding carboxylic acids is 2. The number of aromatic nitrogens is 1. The molecule has 0 fully saturated rings. The number of hydrogen-bond donors (Lipinski definition) is 0. The highest BCUT2D eigenvalue weighted by Crippen LogP contribution is 2.26. The highest BCUT2D eigenvalue weighted by molar-refractivity contribution is 9.10. The fraction of sp³-hybridized carbons (Fsp3) is 0.154. The van der Waals surface area contributed by atoms with Gasteiger partial charge in [0.25, 0.3) is 0 Å². The zero-order valence-corrected chi connectivity index (χ0v) is 12.6. The number of halogens is 2. The van der Waals surface area contributed by atoms with E-state index in [0.29, 0.717) is 0 Å². The molecule has 1 aromatic heterocycles. The minimum absolute atomic E-state index is 0.0952. The minimum atomic E-state index is -0.883. The first-order valence-electron chi connectivity index (χ1n) is 5.60. The van der Waals surface area contributed by atoms with Crippen molar-refractivity contribution in [2.75, 3.05) is 14.2 Å². The molecule has 0 N–H and O–H groups in total. The van der Waals surface area contributed by atoms with E-state index in [0.717, 1.165) is 20.3 Å². The summed E-state index contributed by atoms with van der Waals surface area (Å²) in [6.45, 7) is 0. The van der Waals surface area contributed by atoms with Gasteiger partial charge in [0.05, 0.1) is 18.7 Å². The molecule has 2 aromatic rings. The van der Waals surface area contributed by atoms with Crippen molar-refractivity contribution < 1.29 is 27.9 Å². The number of ether oxygens (including phenoxy) is 2. The van der Waals surface area contributed by atoms with Gasteiger partial charge < -0.3 is 13.9 Å². The highest BCUT2D eigenvalue weighted by Gasteiger charge is 2.27. The molecule has 0 amide bonds. The van der Waals surface area contributed by atoms with Crippen LogP contribution in [0.4, 0.5) is 4.39 Å². The van der Waals surface area contributed by atoms with Crippen molar-refractivity contribution in [3.8, 4) is 11.5 Å². The van der Waals surface area contributed by atoms with E-state index in [1.54, 1.807) is 0 Å². The molecule has 0 unspecified atom stereocenters. The topological polar surface area (TPSA) is 78.6 Å². The molecule has 0 saturated heterocycles. The Balaban J connectivity index is 2.55. The van der Waals surface area contributed by atoms with Crippen molar-refractivity contribution in [3.05, 3.63) is 39.9 Å². The Labute approximate surface area is 127 Å². The van der Waals surface area contributed by atoms with Crippen molar-refractivity contribution in [2.24, 2.45) is 0 Å². The summed E-state index contributed by atoms with van der Waals surface area (Å²) in [6, 6.07) is 4.11. The summed E-state index contributed by atoms with van der Waals surface area (Å²) in [5, 5.41) is 0. The van der Waals surface area contributed by atoms with Crippen molar-refractivity contribution in [1.29, 1.82) is 0 Å². The molecule has 110 valence electrons. The van der Waals surface area contributed by atoms with Gasteiger partial charge in [0.1, 0.15) is 5.82 Å². The number of nitrogens with zero attached hydrogens (tertiary/aromatic N) is 1. The number of carbonyl (C=O) groups is 2. The summed E-state index contributed by atoms with van der Waals surface area (Å²) in [5.74, 6) is -2.77.